The molecular formula is C16H22KNO3. The molecule has 0 atom stereocenters. The summed E-state index contributed by atoms with van der Waals surface area (Å²) in [6.45, 7) is 9.27. The number of benzene rings is 1. The van der Waals surface area contributed by atoms with Crippen LogP contribution in [0.3, 0.4) is 0 Å². The van der Waals surface area contributed by atoms with Gasteiger partial charge in [-0.15, -0.1) is 25.7 Å². The first-order chi connectivity index (χ1) is 9.63. The molecule has 0 aliphatic carbocycles. The minimum absolute atomic E-state index is 0. The molecular weight excluding hydrogens is 293 g/mol. The maximum Gasteiger partial charge on any atom is 1.00 e. The SMILES string of the molecule is C=CC[N-]CCOc1ccc(OCC(=O)C(C)C)cc1.[K+]. The number of Topliss-reactive ketones (excluding diaryl/α,β-unsaturated/α-hetero) is 1. The van der Waals surface area contributed by atoms with Crippen molar-refractivity contribution in [1.29, 1.82) is 0 Å². The summed E-state index contributed by atoms with van der Waals surface area (Å²) < 4.78 is 10.9. The molecule has 0 aliphatic heterocycles. The van der Waals surface area contributed by atoms with Gasteiger partial charge in [0.25, 0.3) is 0 Å². The smallest absolute Gasteiger partial charge is 0.656 e. The molecule has 110 valence electrons. The van der Waals surface area contributed by atoms with Gasteiger partial charge in [0.15, 0.2) is 5.78 Å². The molecule has 0 fully saturated rings. The number of ketones is 1. The molecule has 0 amide bonds. The largest absolute Gasteiger partial charge is 1.00 e. The Bertz CT molecular complexity index is 418. The second-order valence-corrected chi connectivity index (χ2v) is 4.65. The van der Waals surface area contributed by atoms with E-state index in [-0.39, 0.29) is 69.7 Å². The van der Waals surface area contributed by atoms with Crippen molar-refractivity contribution >= 4 is 5.78 Å². The van der Waals surface area contributed by atoms with Crippen LogP contribution in [0.1, 0.15) is 13.8 Å². The normalized spacial score (nSPS) is 9.86. The fourth-order valence-electron chi connectivity index (χ4n) is 1.36. The quantitative estimate of drug-likeness (QED) is 0.353. The van der Waals surface area contributed by atoms with Gasteiger partial charge in [0.2, 0.25) is 0 Å². The van der Waals surface area contributed by atoms with Crippen molar-refractivity contribution in [3.8, 4) is 11.5 Å². The minimum Gasteiger partial charge on any atom is -0.656 e. The van der Waals surface area contributed by atoms with Gasteiger partial charge < -0.3 is 14.8 Å². The first kappa shape index (κ1) is 20.8. The van der Waals surface area contributed by atoms with E-state index in [2.05, 4.69) is 11.9 Å². The van der Waals surface area contributed by atoms with Crippen molar-refractivity contribution in [3.05, 3.63) is 42.2 Å². The maximum absolute atomic E-state index is 11.4. The molecule has 21 heavy (non-hydrogen) atoms. The van der Waals surface area contributed by atoms with Crippen LogP contribution in [0.25, 0.3) is 5.32 Å². The third-order valence-electron chi connectivity index (χ3n) is 2.63. The number of nitrogens with zero attached hydrogens (tertiary/aromatic N) is 1. The van der Waals surface area contributed by atoms with Gasteiger partial charge >= 0.3 is 51.4 Å². The van der Waals surface area contributed by atoms with Crippen LogP contribution in [-0.4, -0.2) is 32.1 Å². The van der Waals surface area contributed by atoms with Gasteiger partial charge in [-0.25, -0.2) is 0 Å². The molecule has 0 heterocycles. The second kappa shape index (κ2) is 12.4. The average Bonchev–Trinajstić information content (AvgIpc) is 2.45. The Morgan fingerprint density at radius 1 is 1.24 bits per heavy atom. The standard InChI is InChI=1S/C16H22NO3.K/c1-4-9-17-10-11-19-14-5-7-15(8-6-14)20-12-16(18)13(2)3;/h4-8,13H,1,9-12H2,2-3H3;/q-1;+1. The molecule has 0 N–H and O–H groups in total. The summed E-state index contributed by atoms with van der Waals surface area (Å²) in [5, 5.41) is 4.18. The van der Waals surface area contributed by atoms with E-state index in [4.69, 9.17) is 9.47 Å². The first-order valence-electron chi connectivity index (χ1n) is 6.76. The van der Waals surface area contributed by atoms with Crippen LogP contribution >= 0.6 is 0 Å². The van der Waals surface area contributed by atoms with Gasteiger partial charge in [-0.3, -0.25) is 4.79 Å². The molecule has 0 aromatic heterocycles. The number of hydrogen-bond acceptors (Lipinski definition) is 3. The van der Waals surface area contributed by atoms with Crippen molar-refractivity contribution in [3.63, 3.8) is 0 Å². The Kier molecular flexibility index (Phi) is 12.3. The molecule has 4 nitrogen and oxygen atoms in total. The predicted octanol–water partition coefficient (Wildman–Crippen LogP) is 0.233. The van der Waals surface area contributed by atoms with E-state index >= 15 is 0 Å². The minimum atomic E-state index is -0.00285. The zero-order valence-electron chi connectivity index (χ0n) is 13.2. The van der Waals surface area contributed by atoms with Crippen LogP contribution < -0.4 is 60.9 Å². The third-order valence-corrected chi connectivity index (χ3v) is 2.63. The second-order valence-electron chi connectivity index (χ2n) is 4.65. The van der Waals surface area contributed by atoms with E-state index in [9.17, 15) is 4.79 Å². The molecule has 1 aromatic rings. The van der Waals surface area contributed by atoms with Crippen molar-refractivity contribution in [2.75, 3.05) is 26.3 Å². The van der Waals surface area contributed by atoms with Crippen LogP contribution in [0.2, 0.25) is 0 Å². The van der Waals surface area contributed by atoms with Crippen molar-refractivity contribution < 1.29 is 65.7 Å². The summed E-state index contributed by atoms with van der Waals surface area (Å²) >= 11 is 0. The molecule has 0 unspecified atom stereocenters. The Hall–Kier alpha value is -0.174. The summed E-state index contributed by atoms with van der Waals surface area (Å²) in [5.41, 5.74) is 0. The first-order valence-corrected chi connectivity index (χ1v) is 6.76. The molecule has 1 rings (SSSR count). The molecule has 0 bridgehead atoms. The van der Waals surface area contributed by atoms with E-state index in [1.807, 2.05) is 26.0 Å². The Morgan fingerprint density at radius 2 is 1.81 bits per heavy atom. The molecule has 0 aliphatic rings. The van der Waals surface area contributed by atoms with E-state index in [0.29, 0.717) is 25.4 Å². The van der Waals surface area contributed by atoms with Gasteiger partial charge in [-0.2, -0.15) is 0 Å². The molecule has 0 saturated carbocycles. The monoisotopic (exact) mass is 315 g/mol. The van der Waals surface area contributed by atoms with E-state index < -0.39 is 0 Å². The zero-order chi connectivity index (χ0) is 14.8. The fourth-order valence-corrected chi connectivity index (χ4v) is 1.36. The topological polar surface area (TPSA) is 49.6 Å². The van der Waals surface area contributed by atoms with E-state index in [1.165, 1.54) is 0 Å². The Labute approximate surface area is 169 Å². The van der Waals surface area contributed by atoms with E-state index in [0.717, 1.165) is 5.75 Å². The van der Waals surface area contributed by atoms with Gasteiger partial charge in [-0.1, -0.05) is 13.8 Å². The number of carbonyl (C=O) groups excluding carboxylic acids is 1. The van der Waals surface area contributed by atoms with E-state index in [1.54, 1.807) is 18.2 Å². The van der Waals surface area contributed by atoms with Crippen molar-refractivity contribution in [2.24, 2.45) is 5.92 Å². The summed E-state index contributed by atoms with van der Waals surface area (Å²) in [5.74, 6) is 1.52. The van der Waals surface area contributed by atoms with Gasteiger partial charge in [0.05, 0.1) is 6.61 Å². The predicted molar refractivity (Wildman–Crippen MR) is 80.6 cm³/mol. The maximum atomic E-state index is 11.4. The molecule has 0 saturated heterocycles. The van der Waals surface area contributed by atoms with Crippen LogP contribution in [0.4, 0.5) is 0 Å². The summed E-state index contributed by atoms with van der Waals surface area (Å²) in [6.07, 6.45) is 1.75. The van der Waals surface area contributed by atoms with Gasteiger partial charge in [-0.05, 0) is 24.3 Å². The third kappa shape index (κ3) is 9.45. The Balaban J connectivity index is 0.00000400. The average molecular weight is 315 g/mol. The van der Waals surface area contributed by atoms with Crippen molar-refractivity contribution in [2.45, 2.75) is 13.8 Å². The summed E-state index contributed by atoms with van der Waals surface area (Å²) in [7, 11) is 0. The van der Waals surface area contributed by atoms with Crippen LogP contribution in [0.5, 0.6) is 11.5 Å². The van der Waals surface area contributed by atoms with Crippen LogP contribution in [-0.2, 0) is 4.79 Å². The van der Waals surface area contributed by atoms with Crippen molar-refractivity contribution in [1.82, 2.24) is 0 Å². The van der Waals surface area contributed by atoms with Gasteiger partial charge in [0, 0.05) is 5.92 Å². The zero-order valence-corrected chi connectivity index (χ0v) is 16.3. The number of hydrogen-bond donors (Lipinski definition) is 0. The van der Waals surface area contributed by atoms with Crippen LogP contribution in [0.15, 0.2) is 36.9 Å². The van der Waals surface area contributed by atoms with Crippen LogP contribution in [0, 0.1) is 5.92 Å². The molecule has 5 heteroatoms. The van der Waals surface area contributed by atoms with Gasteiger partial charge in [0.1, 0.15) is 18.1 Å². The molecule has 1 aromatic carbocycles. The number of rotatable bonds is 10. The Morgan fingerprint density at radius 3 is 2.33 bits per heavy atom. The number of ether oxygens (including phenoxy) is 2. The summed E-state index contributed by atoms with van der Waals surface area (Å²) in [4.78, 5) is 11.4. The summed E-state index contributed by atoms with van der Waals surface area (Å²) in [6, 6.07) is 7.24. The number of carbonyl (C=O) groups is 1. The fraction of sp³-hybridized carbons (Fsp3) is 0.438. The molecule has 0 radical (unpaired) electrons. The molecule has 0 spiro atoms.